The van der Waals surface area contributed by atoms with Gasteiger partial charge in [-0.15, -0.1) is 0 Å². The second-order valence-corrected chi connectivity index (χ2v) is 9.00. The monoisotopic (exact) mass is 477 g/mol. The predicted octanol–water partition coefficient (Wildman–Crippen LogP) is 2.82. The Balaban J connectivity index is 1.31. The fourth-order valence-electron chi connectivity index (χ4n) is 4.47. The largest absolute Gasteiger partial charge is 0.490 e. The van der Waals surface area contributed by atoms with Gasteiger partial charge in [0.05, 0.1) is 22.2 Å². The van der Waals surface area contributed by atoms with Gasteiger partial charge < -0.3 is 28.8 Å². The number of hydrogen-bond acceptors (Lipinski definition) is 5. The molecule has 1 amide bonds. The lowest BCUT2D eigenvalue weighted by atomic mass is 10.2. The molecule has 1 fully saturated rings. The summed E-state index contributed by atoms with van der Waals surface area (Å²) >= 11 is 0. The highest BCUT2D eigenvalue weighted by Gasteiger charge is 2.25. The van der Waals surface area contributed by atoms with E-state index in [0.29, 0.717) is 55.1 Å². The number of ether oxygens (including phenoxy) is 1. The lowest BCUT2D eigenvalue weighted by molar-refractivity contribution is 0.0747. The van der Waals surface area contributed by atoms with Crippen LogP contribution < -0.4 is 15.2 Å². The first kappa shape index (κ1) is 22.9. The molecule has 1 N–H and O–H groups in total. The molecule has 5 rings (SSSR count). The van der Waals surface area contributed by atoms with E-state index < -0.39 is 0 Å². The summed E-state index contributed by atoms with van der Waals surface area (Å²) in [7, 11) is 3.92. The molecule has 0 unspecified atom stereocenters. The molecular weight excluding hydrogens is 449 g/mol. The highest BCUT2D eigenvalue weighted by Crippen LogP contribution is 2.30. The number of rotatable bonds is 6. The minimum Gasteiger partial charge on any atom is -0.490 e. The van der Waals surface area contributed by atoms with Gasteiger partial charge >= 0.3 is 0 Å². The lowest BCUT2D eigenvalue weighted by Gasteiger charge is -2.36. The maximum atomic E-state index is 13.9. The molecule has 182 valence electrons. The summed E-state index contributed by atoms with van der Waals surface area (Å²) in [6.45, 7) is 3.45. The molecule has 4 aromatic rings. The first-order chi connectivity index (χ1) is 16.9. The third kappa shape index (κ3) is 4.59. The standard InChI is InChI=1S/C26H28FN5O3/c1-29(2)13-14-35-23-16-19(27)7-8-22(23)30-9-11-31(12-10-30)26(34)18-15-24-28-25(33)20-5-3-4-6-21(20)32(24)17-18/h3-8,15-17H,9-14H2,1-2H3,(H,28,33). The quantitative estimate of drug-likeness (QED) is 0.462. The number of piperazine rings is 1. The third-order valence-corrected chi connectivity index (χ3v) is 6.34. The van der Waals surface area contributed by atoms with Crippen LogP contribution in [0, 0.1) is 5.82 Å². The van der Waals surface area contributed by atoms with Crippen molar-refractivity contribution < 1.29 is 13.9 Å². The van der Waals surface area contributed by atoms with E-state index >= 15 is 0 Å². The molecule has 2 aromatic carbocycles. The molecule has 0 radical (unpaired) electrons. The zero-order valence-corrected chi connectivity index (χ0v) is 19.8. The molecule has 1 saturated heterocycles. The smallest absolute Gasteiger partial charge is 0.258 e. The van der Waals surface area contributed by atoms with Crippen molar-refractivity contribution in [3.05, 3.63) is 76.5 Å². The van der Waals surface area contributed by atoms with Crippen molar-refractivity contribution in [2.75, 3.05) is 58.3 Å². The van der Waals surface area contributed by atoms with Crippen molar-refractivity contribution in [2.45, 2.75) is 0 Å². The summed E-state index contributed by atoms with van der Waals surface area (Å²) in [5, 5.41) is 0.575. The van der Waals surface area contributed by atoms with Crippen molar-refractivity contribution in [2.24, 2.45) is 0 Å². The van der Waals surface area contributed by atoms with Crippen molar-refractivity contribution in [1.82, 2.24) is 19.2 Å². The number of nitrogens with zero attached hydrogens (tertiary/aromatic N) is 4. The van der Waals surface area contributed by atoms with Gasteiger partial charge in [0, 0.05) is 45.0 Å². The van der Waals surface area contributed by atoms with Crippen molar-refractivity contribution in [3.8, 4) is 5.75 Å². The Morgan fingerprint density at radius 3 is 2.63 bits per heavy atom. The number of likely N-dealkylation sites (N-methyl/N-ethyl adjacent to an activating group) is 1. The molecule has 8 nitrogen and oxygen atoms in total. The van der Waals surface area contributed by atoms with Gasteiger partial charge in [-0.25, -0.2) is 4.39 Å². The fraction of sp³-hybridized carbons (Fsp3) is 0.308. The number of para-hydroxylation sites is 1. The van der Waals surface area contributed by atoms with E-state index in [0.717, 1.165) is 17.7 Å². The molecule has 3 heterocycles. The molecule has 0 spiro atoms. The zero-order chi connectivity index (χ0) is 24.5. The first-order valence-corrected chi connectivity index (χ1v) is 11.6. The first-order valence-electron chi connectivity index (χ1n) is 11.6. The molecular formula is C26H28FN5O3. The van der Waals surface area contributed by atoms with Gasteiger partial charge in [0.1, 0.15) is 23.8 Å². The third-order valence-electron chi connectivity index (χ3n) is 6.34. The van der Waals surface area contributed by atoms with E-state index in [9.17, 15) is 14.0 Å². The number of aromatic nitrogens is 2. The van der Waals surface area contributed by atoms with Crippen molar-refractivity contribution in [3.63, 3.8) is 0 Å². The van der Waals surface area contributed by atoms with Crippen LogP contribution in [0.1, 0.15) is 10.4 Å². The second-order valence-electron chi connectivity index (χ2n) is 9.00. The van der Waals surface area contributed by atoms with E-state index in [1.165, 1.54) is 12.1 Å². The van der Waals surface area contributed by atoms with E-state index in [4.69, 9.17) is 4.74 Å². The molecule has 1 aliphatic rings. The summed E-state index contributed by atoms with van der Waals surface area (Å²) in [6.07, 6.45) is 1.78. The van der Waals surface area contributed by atoms with E-state index in [-0.39, 0.29) is 17.3 Å². The number of benzene rings is 2. The number of amides is 1. The number of carbonyl (C=O) groups excluding carboxylic acids is 1. The minimum absolute atomic E-state index is 0.0835. The molecule has 0 aliphatic carbocycles. The van der Waals surface area contributed by atoms with Gasteiger partial charge in [-0.05, 0) is 44.4 Å². The van der Waals surface area contributed by atoms with Crippen molar-refractivity contribution >= 4 is 28.1 Å². The molecule has 0 saturated carbocycles. The highest BCUT2D eigenvalue weighted by atomic mass is 19.1. The summed E-state index contributed by atoms with van der Waals surface area (Å²) in [4.78, 5) is 34.4. The molecule has 2 aromatic heterocycles. The lowest BCUT2D eigenvalue weighted by Crippen LogP contribution is -2.48. The number of halogens is 1. The Kier molecular flexibility index (Phi) is 6.17. The Morgan fingerprint density at radius 2 is 1.86 bits per heavy atom. The van der Waals surface area contributed by atoms with Crippen LogP contribution in [0.4, 0.5) is 10.1 Å². The van der Waals surface area contributed by atoms with Gasteiger partial charge in [-0.2, -0.15) is 0 Å². The second kappa shape index (κ2) is 9.42. The van der Waals surface area contributed by atoms with Gasteiger partial charge in [0.25, 0.3) is 11.5 Å². The van der Waals surface area contributed by atoms with E-state index in [1.54, 1.807) is 24.4 Å². The maximum absolute atomic E-state index is 13.9. The number of anilines is 1. The van der Waals surface area contributed by atoms with Crippen LogP contribution in [0.25, 0.3) is 16.6 Å². The maximum Gasteiger partial charge on any atom is 0.258 e. The number of aromatic amines is 1. The SMILES string of the molecule is CN(C)CCOc1cc(F)ccc1N1CCN(C(=O)c2cc3[nH]c(=O)c4ccccc4n3c2)CC1. The molecule has 1 aliphatic heterocycles. The van der Waals surface area contributed by atoms with Crippen LogP contribution in [0.2, 0.25) is 0 Å². The summed E-state index contributed by atoms with van der Waals surface area (Å²) < 4.78 is 21.6. The number of fused-ring (bicyclic) bond motifs is 3. The Bertz CT molecular complexity index is 1440. The normalized spacial score (nSPS) is 14.3. The predicted molar refractivity (Wildman–Crippen MR) is 134 cm³/mol. The Morgan fingerprint density at radius 1 is 1.09 bits per heavy atom. The average Bonchev–Trinajstić information content (AvgIpc) is 3.28. The van der Waals surface area contributed by atoms with Crippen LogP contribution in [-0.4, -0.2) is 78.5 Å². The van der Waals surface area contributed by atoms with Gasteiger partial charge in [-0.3, -0.25) is 9.59 Å². The van der Waals surface area contributed by atoms with Crippen LogP contribution in [0.5, 0.6) is 5.75 Å². The Hall–Kier alpha value is -3.85. The minimum atomic E-state index is -0.339. The summed E-state index contributed by atoms with van der Waals surface area (Å²) in [5.41, 5.74) is 2.52. The zero-order valence-electron chi connectivity index (χ0n) is 19.8. The fourth-order valence-corrected chi connectivity index (χ4v) is 4.47. The molecule has 0 atom stereocenters. The molecule has 35 heavy (non-hydrogen) atoms. The summed E-state index contributed by atoms with van der Waals surface area (Å²) in [5.74, 6) is 0.0924. The van der Waals surface area contributed by atoms with Crippen LogP contribution in [-0.2, 0) is 0 Å². The number of H-pyrrole nitrogens is 1. The van der Waals surface area contributed by atoms with Crippen LogP contribution in [0.15, 0.2) is 59.5 Å². The average molecular weight is 478 g/mol. The number of carbonyl (C=O) groups is 1. The van der Waals surface area contributed by atoms with Crippen LogP contribution in [0.3, 0.4) is 0 Å². The molecule has 0 bridgehead atoms. The highest BCUT2D eigenvalue weighted by molar-refractivity contribution is 5.96. The van der Waals surface area contributed by atoms with Crippen LogP contribution >= 0.6 is 0 Å². The van der Waals surface area contributed by atoms with E-state index in [2.05, 4.69) is 9.88 Å². The van der Waals surface area contributed by atoms with E-state index in [1.807, 2.05) is 46.5 Å². The van der Waals surface area contributed by atoms with Gasteiger partial charge in [-0.1, -0.05) is 12.1 Å². The van der Waals surface area contributed by atoms with Crippen molar-refractivity contribution in [1.29, 1.82) is 0 Å². The summed E-state index contributed by atoms with van der Waals surface area (Å²) in [6, 6.07) is 13.6. The van der Waals surface area contributed by atoms with Gasteiger partial charge in [0.15, 0.2) is 0 Å². The van der Waals surface area contributed by atoms with Gasteiger partial charge in [0.2, 0.25) is 0 Å². The number of nitrogens with one attached hydrogen (secondary N) is 1. The Labute approximate surface area is 202 Å². The topological polar surface area (TPSA) is 73.3 Å². The number of hydrogen-bond donors (Lipinski definition) is 1. The molecule has 9 heteroatoms.